The van der Waals surface area contributed by atoms with E-state index in [1.807, 2.05) is 18.2 Å². The van der Waals surface area contributed by atoms with Crippen molar-refractivity contribution in [1.29, 1.82) is 0 Å². The van der Waals surface area contributed by atoms with E-state index >= 15 is 0 Å². The zero-order valence-corrected chi connectivity index (χ0v) is 14.5. The third kappa shape index (κ3) is 2.67. The lowest BCUT2D eigenvalue weighted by Crippen LogP contribution is -2.44. The minimum absolute atomic E-state index is 0.0251. The molecule has 2 fully saturated rings. The number of aliphatic hydroxyl groups excluding tert-OH is 1. The van der Waals surface area contributed by atoms with Crippen LogP contribution in [0.15, 0.2) is 18.2 Å². The first-order valence-corrected chi connectivity index (χ1v) is 9.34. The van der Waals surface area contributed by atoms with Crippen molar-refractivity contribution in [2.24, 2.45) is 0 Å². The first-order chi connectivity index (χ1) is 12.7. The fourth-order valence-electron chi connectivity index (χ4n) is 4.00. The quantitative estimate of drug-likeness (QED) is 0.853. The molecule has 2 N–H and O–H groups in total. The molecular weight excluding hydrogens is 332 g/mol. The predicted molar refractivity (Wildman–Crippen MR) is 93.1 cm³/mol. The highest BCUT2D eigenvalue weighted by atomic mass is 16.5. The molecule has 2 aliphatic carbocycles. The van der Waals surface area contributed by atoms with E-state index in [9.17, 15) is 9.90 Å². The number of hydrogen-bond donors (Lipinski definition) is 2. The van der Waals surface area contributed by atoms with Gasteiger partial charge in [-0.15, -0.1) is 10.2 Å². The second-order valence-corrected chi connectivity index (χ2v) is 7.49. The lowest BCUT2D eigenvalue weighted by Gasteiger charge is -2.35. The van der Waals surface area contributed by atoms with Crippen molar-refractivity contribution >= 4 is 5.91 Å². The molecule has 2 saturated carbocycles. The molecule has 3 aliphatic rings. The Morgan fingerprint density at radius 1 is 1.31 bits per heavy atom. The Morgan fingerprint density at radius 2 is 2.15 bits per heavy atom. The maximum Gasteiger partial charge on any atom is 0.251 e. The normalized spacial score (nSPS) is 23.9. The van der Waals surface area contributed by atoms with E-state index in [1.165, 1.54) is 0 Å². The van der Waals surface area contributed by atoms with Crippen LogP contribution in [0.4, 0.5) is 0 Å². The van der Waals surface area contributed by atoms with Crippen LogP contribution in [0.2, 0.25) is 0 Å². The molecule has 0 spiro atoms. The number of aromatic nitrogens is 3. The van der Waals surface area contributed by atoms with E-state index in [0.29, 0.717) is 30.0 Å². The molecule has 1 aliphatic heterocycles. The Morgan fingerprint density at radius 3 is 2.92 bits per heavy atom. The van der Waals surface area contributed by atoms with Crippen LogP contribution in [0.1, 0.15) is 65.2 Å². The van der Waals surface area contributed by atoms with Crippen LogP contribution in [0.3, 0.4) is 0 Å². The Hall–Kier alpha value is -2.41. The summed E-state index contributed by atoms with van der Waals surface area (Å²) in [6.07, 6.45) is 4.87. The van der Waals surface area contributed by atoms with Gasteiger partial charge in [0.05, 0.1) is 6.61 Å². The highest BCUT2D eigenvalue weighted by Crippen LogP contribution is 2.42. The second-order valence-electron chi connectivity index (χ2n) is 7.49. The fraction of sp³-hybridized carbons (Fsp3) is 0.526. The van der Waals surface area contributed by atoms with Crippen LogP contribution in [-0.4, -0.2) is 38.4 Å². The van der Waals surface area contributed by atoms with Gasteiger partial charge in [0, 0.05) is 30.0 Å². The number of amides is 1. The summed E-state index contributed by atoms with van der Waals surface area (Å²) >= 11 is 0. The lowest BCUT2D eigenvalue weighted by molar-refractivity contribution is 0.0906. The van der Waals surface area contributed by atoms with Crippen molar-refractivity contribution in [3.05, 3.63) is 41.0 Å². The summed E-state index contributed by atoms with van der Waals surface area (Å²) in [4.78, 5) is 12.5. The van der Waals surface area contributed by atoms with Gasteiger partial charge in [0.1, 0.15) is 18.2 Å². The summed E-state index contributed by atoms with van der Waals surface area (Å²) in [5.74, 6) is 2.81. The second kappa shape index (κ2) is 6.09. The molecule has 26 heavy (non-hydrogen) atoms. The standard InChI is InChI=1S/C19H22N4O3/c24-10-17-21-22-18(23(17)15-2-3-15)13-8-14(9-13)20-19(25)12-1-4-16-11(7-12)5-6-26-16/h1,4,7,13-15,24H,2-3,5-6,8-10H2,(H,20,25). The summed E-state index contributed by atoms with van der Waals surface area (Å²) < 4.78 is 7.61. The number of carbonyl (C=O) groups excluding carboxylic acids is 1. The summed E-state index contributed by atoms with van der Waals surface area (Å²) in [7, 11) is 0. The summed E-state index contributed by atoms with van der Waals surface area (Å²) in [6.45, 7) is 0.626. The van der Waals surface area contributed by atoms with Crippen molar-refractivity contribution in [3.8, 4) is 5.75 Å². The molecule has 0 unspecified atom stereocenters. The Bertz CT molecular complexity index is 852. The van der Waals surface area contributed by atoms with Gasteiger partial charge in [-0.1, -0.05) is 0 Å². The topological polar surface area (TPSA) is 89.3 Å². The Balaban J connectivity index is 1.22. The first kappa shape index (κ1) is 15.8. The average molecular weight is 354 g/mol. The van der Waals surface area contributed by atoms with Crippen molar-refractivity contribution in [1.82, 2.24) is 20.1 Å². The molecule has 2 aromatic rings. The van der Waals surface area contributed by atoms with Crippen LogP contribution in [-0.2, 0) is 13.0 Å². The van der Waals surface area contributed by atoms with Crippen LogP contribution in [0.5, 0.6) is 5.75 Å². The number of nitrogens with one attached hydrogen (secondary N) is 1. The number of fused-ring (bicyclic) bond motifs is 1. The van der Waals surface area contributed by atoms with Crippen LogP contribution in [0, 0.1) is 0 Å². The SMILES string of the molecule is O=C(NC1CC(c2nnc(CO)n2C2CC2)C1)c1ccc2c(c1)CCO2. The van der Waals surface area contributed by atoms with Gasteiger partial charge in [-0.05, 0) is 49.4 Å². The highest BCUT2D eigenvalue weighted by Gasteiger charge is 2.38. The van der Waals surface area contributed by atoms with E-state index < -0.39 is 0 Å². The number of aliphatic hydroxyl groups is 1. The molecule has 7 heteroatoms. The van der Waals surface area contributed by atoms with E-state index in [2.05, 4.69) is 20.1 Å². The number of ether oxygens (including phenoxy) is 1. The number of carbonyl (C=O) groups is 1. The maximum atomic E-state index is 12.5. The molecule has 5 rings (SSSR count). The van der Waals surface area contributed by atoms with E-state index in [0.717, 1.165) is 49.2 Å². The van der Waals surface area contributed by atoms with Crippen LogP contribution in [0.25, 0.3) is 0 Å². The third-order valence-corrected chi connectivity index (χ3v) is 5.64. The van der Waals surface area contributed by atoms with E-state index in [-0.39, 0.29) is 18.6 Å². The van der Waals surface area contributed by atoms with Crippen molar-refractivity contribution in [2.45, 2.75) is 56.7 Å². The van der Waals surface area contributed by atoms with Gasteiger partial charge >= 0.3 is 0 Å². The molecule has 0 saturated heterocycles. The molecule has 2 heterocycles. The van der Waals surface area contributed by atoms with E-state index in [1.54, 1.807) is 0 Å². The van der Waals surface area contributed by atoms with Crippen molar-refractivity contribution in [2.75, 3.05) is 6.61 Å². The first-order valence-electron chi connectivity index (χ1n) is 9.34. The van der Waals surface area contributed by atoms with Gasteiger partial charge < -0.3 is 19.7 Å². The number of rotatable bonds is 5. The monoisotopic (exact) mass is 354 g/mol. The predicted octanol–water partition coefficient (Wildman–Crippen LogP) is 1.72. The van der Waals surface area contributed by atoms with Crippen molar-refractivity contribution in [3.63, 3.8) is 0 Å². The minimum atomic E-state index is -0.0710. The number of hydrogen-bond acceptors (Lipinski definition) is 5. The average Bonchev–Trinajstić information content (AvgIpc) is 3.19. The number of benzene rings is 1. The van der Waals surface area contributed by atoms with Gasteiger partial charge in [0.2, 0.25) is 0 Å². The van der Waals surface area contributed by atoms with Gasteiger partial charge in [-0.2, -0.15) is 0 Å². The highest BCUT2D eigenvalue weighted by molar-refractivity contribution is 5.94. The summed E-state index contributed by atoms with van der Waals surface area (Å²) in [5, 5.41) is 21.0. The molecule has 1 aromatic heterocycles. The Labute approximate surface area is 151 Å². The van der Waals surface area contributed by atoms with Gasteiger partial charge in [-0.3, -0.25) is 4.79 Å². The van der Waals surface area contributed by atoms with Crippen LogP contribution >= 0.6 is 0 Å². The third-order valence-electron chi connectivity index (χ3n) is 5.64. The zero-order chi connectivity index (χ0) is 17.7. The fourth-order valence-corrected chi connectivity index (χ4v) is 4.00. The van der Waals surface area contributed by atoms with Gasteiger partial charge in [0.25, 0.3) is 5.91 Å². The van der Waals surface area contributed by atoms with Gasteiger partial charge in [-0.25, -0.2) is 0 Å². The van der Waals surface area contributed by atoms with E-state index in [4.69, 9.17) is 4.74 Å². The molecule has 0 bridgehead atoms. The lowest BCUT2D eigenvalue weighted by atomic mass is 9.79. The van der Waals surface area contributed by atoms with Crippen LogP contribution < -0.4 is 10.1 Å². The molecular formula is C19H22N4O3. The summed E-state index contributed by atoms with van der Waals surface area (Å²) in [6, 6.07) is 6.26. The molecule has 1 amide bonds. The minimum Gasteiger partial charge on any atom is -0.493 e. The molecule has 7 nitrogen and oxygen atoms in total. The number of nitrogens with zero attached hydrogens (tertiary/aromatic N) is 3. The smallest absolute Gasteiger partial charge is 0.251 e. The molecule has 0 radical (unpaired) electrons. The maximum absolute atomic E-state index is 12.5. The van der Waals surface area contributed by atoms with Crippen molar-refractivity contribution < 1.29 is 14.6 Å². The Kier molecular flexibility index (Phi) is 3.70. The molecule has 1 aromatic carbocycles. The summed E-state index contributed by atoms with van der Waals surface area (Å²) in [5.41, 5.74) is 1.81. The van der Waals surface area contributed by atoms with Gasteiger partial charge in [0.15, 0.2) is 5.82 Å². The largest absolute Gasteiger partial charge is 0.493 e. The zero-order valence-electron chi connectivity index (χ0n) is 14.5. The molecule has 136 valence electrons. The molecule has 0 atom stereocenters.